The van der Waals surface area contributed by atoms with Gasteiger partial charge in [-0.2, -0.15) is 0 Å². The highest BCUT2D eigenvalue weighted by Crippen LogP contribution is 2.30. The van der Waals surface area contributed by atoms with Crippen LogP contribution in [0.15, 0.2) is 34.8 Å². The number of rotatable bonds is 2. The van der Waals surface area contributed by atoms with Crippen molar-refractivity contribution in [1.29, 1.82) is 0 Å². The van der Waals surface area contributed by atoms with Crippen LogP contribution in [0.4, 0.5) is 8.78 Å². The van der Waals surface area contributed by atoms with Crippen LogP contribution in [0.1, 0.15) is 28.4 Å². The largest absolute Gasteiger partial charge is 0.383 e. The monoisotopic (exact) mass is 326 g/mol. The van der Waals surface area contributed by atoms with Crippen molar-refractivity contribution in [2.75, 3.05) is 0 Å². The molecular formula is C15H13BrF2O. The van der Waals surface area contributed by atoms with E-state index in [1.54, 1.807) is 26.0 Å². The molecule has 0 spiro atoms. The van der Waals surface area contributed by atoms with Gasteiger partial charge in [0.2, 0.25) is 0 Å². The van der Waals surface area contributed by atoms with Crippen molar-refractivity contribution < 1.29 is 13.9 Å². The fourth-order valence-corrected chi connectivity index (χ4v) is 2.49. The Bertz CT molecular complexity index is 603. The molecule has 0 fully saturated rings. The Hall–Kier alpha value is -1.26. The first kappa shape index (κ1) is 14.2. The highest BCUT2D eigenvalue weighted by atomic mass is 79.9. The minimum Gasteiger partial charge on any atom is -0.383 e. The molecule has 0 saturated carbocycles. The van der Waals surface area contributed by atoms with E-state index in [0.717, 1.165) is 5.56 Å². The fraction of sp³-hybridized carbons (Fsp3) is 0.200. The van der Waals surface area contributed by atoms with Gasteiger partial charge in [0, 0.05) is 15.6 Å². The van der Waals surface area contributed by atoms with E-state index in [1.807, 2.05) is 0 Å². The van der Waals surface area contributed by atoms with Crippen LogP contribution < -0.4 is 0 Å². The molecule has 2 aromatic carbocycles. The summed E-state index contributed by atoms with van der Waals surface area (Å²) in [5.74, 6) is -1.09. The van der Waals surface area contributed by atoms with E-state index in [0.29, 0.717) is 10.0 Å². The van der Waals surface area contributed by atoms with Gasteiger partial charge in [0.25, 0.3) is 0 Å². The van der Waals surface area contributed by atoms with Crippen LogP contribution in [0.2, 0.25) is 0 Å². The lowest BCUT2D eigenvalue weighted by Gasteiger charge is -2.16. The Morgan fingerprint density at radius 3 is 2.32 bits per heavy atom. The zero-order valence-electron chi connectivity index (χ0n) is 10.5. The second-order valence-corrected chi connectivity index (χ2v) is 5.46. The third-order valence-electron chi connectivity index (χ3n) is 3.01. The molecule has 0 bridgehead atoms. The van der Waals surface area contributed by atoms with Gasteiger partial charge in [-0.1, -0.05) is 28.1 Å². The second-order valence-electron chi connectivity index (χ2n) is 4.55. The maximum absolute atomic E-state index is 14.0. The van der Waals surface area contributed by atoms with Crippen molar-refractivity contribution in [3.63, 3.8) is 0 Å². The summed E-state index contributed by atoms with van der Waals surface area (Å²) in [5.41, 5.74) is 1.55. The Morgan fingerprint density at radius 2 is 1.74 bits per heavy atom. The minimum absolute atomic E-state index is 0.0639. The van der Waals surface area contributed by atoms with Gasteiger partial charge in [-0.3, -0.25) is 0 Å². The molecule has 0 aliphatic rings. The van der Waals surface area contributed by atoms with Crippen molar-refractivity contribution in [1.82, 2.24) is 0 Å². The van der Waals surface area contributed by atoms with Crippen molar-refractivity contribution in [3.05, 3.63) is 68.7 Å². The molecule has 0 heterocycles. The van der Waals surface area contributed by atoms with Gasteiger partial charge >= 0.3 is 0 Å². The molecule has 1 nitrogen and oxygen atoms in total. The predicted molar refractivity (Wildman–Crippen MR) is 74.0 cm³/mol. The van der Waals surface area contributed by atoms with E-state index >= 15 is 0 Å². The van der Waals surface area contributed by atoms with E-state index in [2.05, 4.69) is 15.9 Å². The number of halogens is 3. The highest BCUT2D eigenvalue weighted by molar-refractivity contribution is 9.10. The maximum atomic E-state index is 14.0. The summed E-state index contributed by atoms with van der Waals surface area (Å²) in [6.07, 6.45) is -1.31. The number of benzene rings is 2. The third-order valence-corrected chi connectivity index (χ3v) is 3.50. The number of aryl methyl sites for hydroxylation is 2. The number of aliphatic hydroxyl groups is 1. The topological polar surface area (TPSA) is 20.2 Å². The molecule has 19 heavy (non-hydrogen) atoms. The van der Waals surface area contributed by atoms with Crippen molar-refractivity contribution >= 4 is 15.9 Å². The summed E-state index contributed by atoms with van der Waals surface area (Å²) >= 11 is 3.14. The van der Waals surface area contributed by atoms with Crippen molar-refractivity contribution in [3.8, 4) is 0 Å². The maximum Gasteiger partial charge on any atom is 0.130 e. The summed E-state index contributed by atoms with van der Waals surface area (Å²) in [4.78, 5) is 0. The van der Waals surface area contributed by atoms with Crippen LogP contribution in [0, 0.1) is 25.5 Å². The molecule has 1 N–H and O–H groups in total. The van der Waals surface area contributed by atoms with Gasteiger partial charge in [0.15, 0.2) is 0 Å². The van der Waals surface area contributed by atoms with Crippen molar-refractivity contribution in [2.45, 2.75) is 20.0 Å². The molecule has 0 aromatic heterocycles. The highest BCUT2D eigenvalue weighted by Gasteiger charge is 2.21. The minimum atomic E-state index is -1.31. The molecule has 0 radical (unpaired) electrons. The molecule has 4 heteroatoms. The zero-order valence-corrected chi connectivity index (χ0v) is 12.1. The van der Waals surface area contributed by atoms with Crippen LogP contribution in [-0.4, -0.2) is 5.11 Å². The molecule has 2 rings (SSSR count). The lowest BCUT2D eigenvalue weighted by atomic mass is 9.95. The summed E-state index contributed by atoms with van der Waals surface area (Å²) in [6, 6.07) is 7.41. The normalized spacial score (nSPS) is 12.5. The van der Waals surface area contributed by atoms with Gasteiger partial charge in [-0.05, 0) is 43.2 Å². The van der Waals surface area contributed by atoms with E-state index in [-0.39, 0.29) is 11.1 Å². The van der Waals surface area contributed by atoms with Crippen LogP contribution in [-0.2, 0) is 0 Å². The average molecular weight is 327 g/mol. The van der Waals surface area contributed by atoms with Gasteiger partial charge in [-0.15, -0.1) is 0 Å². The van der Waals surface area contributed by atoms with Crippen LogP contribution in [0.5, 0.6) is 0 Å². The smallest absolute Gasteiger partial charge is 0.130 e. The SMILES string of the molecule is Cc1cc(C)c(C(O)c2ccc(Br)cc2F)c(F)c1. The molecule has 0 aliphatic heterocycles. The van der Waals surface area contributed by atoms with E-state index < -0.39 is 17.7 Å². The Balaban J connectivity index is 2.53. The zero-order chi connectivity index (χ0) is 14.2. The van der Waals surface area contributed by atoms with Gasteiger partial charge in [0.1, 0.15) is 17.7 Å². The Labute approximate surface area is 119 Å². The van der Waals surface area contributed by atoms with Crippen LogP contribution >= 0.6 is 15.9 Å². The first-order valence-electron chi connectivity index (χ1n) is 5.80. The van der Waals surface area contributed by atoms with E-state index in [1.165, 1.54) is 18.2 Å². The van der Waals surface area contributed by atoms with E-state index in [9.17, 15) is 13.9 Å². The number of hydrogen-bond acceptors (Lipinski definition) is 1. The molecule has 0 amide bonds. The molecule has 0 aliphatic carbocycles. The standard InChI is InChI=1S/C15H13BrF2O/c1-8-5-9(2)14(13(18)6-8)15(19)11-4-3-10(16)7-12(11)17/h3-7,15,19H,1-2H3. The Kier molecular flexibility index (Phi) is 4.02. The quantitative estimate of drug-likeness (QED) is 0.865. The molecule has 1 atom stereocenters. The number of aliphatic hydroxyl groups excluding tert-OH is 1. The average Bonchev–Trinajstić information content (AvgIpc) is 2.26. The van der Waals surface area contributed by atoms with Gasteiger partial charge in [0.05, 0.1) is 0 Å². The van der Waals surface area contributed by atoms with Gasteiger partial charge in [-0.25, -0.2) is 8.78 Å². The van der Waals surface area contributed by atoms with Gasteiger partial charge < -0.3 is 5.11 Å². The Morgan fingerprint density at radius 1 is 1.05 bits per heavy atom. The summed E-state index contributed by atoms with van der Waals surface area (Å²) in [5, 5.41) is 10.2. The molecule has 1 unspecified atom stereocenters. The molecule has 0 saturated heterocycles. The third kappa shape index (κ3) is 2.85. The van der Waals surface area contributed by atoms with Crippen LogP contribution in [0.25, 0.3) is 0 Å². The lowest BCUT2D eigenvalue weighted by molar-refractivity contribution is 0.209. The summed E-state index contributed by atoms with van der Waals surface area (Å²) in [7, 11) is 0. The van der Waals surface area contributed by atoms with Crippen LogP contribution in [0.3, 0.4) is 0 Å². The molecule has 100 valence electrons. The first-order chi connectivity index (χ1) is 8.90. The summed E-state index contributed by atoms with van der Waals surface area (Å²) in [6.45, 7) is 3.47. The lowest BCUT2D eigenvalue weighted by Crippen LogP contribution is -2.07. The first-order valence-corrected chi connectivity index (χ1v) is 6.59. The molecular weight excluding hydrogens is 314 g/mol. The molecule has 2 aromatic rings. The van der Waals surface area contributed by atoms with E-state index in [4.69, 9.17) is 0 Å². The second kappa shape index (κ2) is 5.39. The van der Waals surface area contributed by atoms with Crippen molar-refractivity contribution in [2.24, 2.45) is 0 Å². The number of hydrogen-bond donors (Lipinski definition) is 1. The fourth-order valence-electron chi connectivity index (χ4n) is 2.15. The predicted octanol–water partition coefficient (Wildman–Crippen LogP) is 4.43. The summed E-state index contributed by atoms with van der Waals surface area (Å²) < 4.78 is 28.4.